The Labute approximate surface area is 110 Å². The molecule has 2 N–H and O–H groups in total. The smallest absolute Gasteiger partial charge is 0.141 e. The monoisotopic (exact) mass is 269 g/mol. The van der Waals surface area contributed by atoms with E-state index in [0.717, 1.165) is 21.8 Å². The molecule has 1 heterocycles. The summed E-state index contributed by atoms with van der Waals surface area (Å²) in [6.45, 7) is 4.45. The second-order valence-corrected chi connectivity index (χ2v) is 4.83. The minimum atomic E-state index is 0.499. The summed E-state index contributed by atoms with van der Waals surface area (Å²) < 4.78 is 1.70. The first kappa shape index (κ1) is 12.3. The van der Waals surface area contributed by atoms with Crippen molar-refractivity contribution in [1.82, 2.24) is 9.78 Å². The van der Waals surface area contributed by atoms with Gasteiger partial charge in [0, 0.05) is 5.02 Å². The predicted molar refractivity (Wildman–Crippen MR) is 71.7 cm³/mol. The fourth-order valence-corrected chi connectivity index (χ4v) is 2.06. The van der Waals surface area contributed by atoms with Crippen LogP contribution in [0, 0.1) is 13.8 Å². The molecule has 0 aliphatic carbocycles. The fraction of sp³-hybridized carbons (Fsp3) is 0.250. The molecule has 1 aromatic heterocycles. The number of nitrogen functional groups attached to an aromatic ring is 1. The van der Waals surface area contributed by atoms with E-state index in [1.807, 2.05) is 32.0 Å². The Morgan fingerprint density at radius 1 is 1.29 bits per heavy atom. The molecule has 0 saturated carbocycles. The molecule has 0 aliphatic heterocycles. The third-order valence-corrected chi connectivity index (χ3v) is 3.42. The Bertz CT molecular complexity index is 561. The van der Waals surface area contributed by atoms with Crippen molar-refractivity contribution in [3.05, 3.63) is 45.1 Å². The van der Waals surface area contributed by atoms with Crippen LogP contribution in [0.3, 0.4) is 0 Å². The number of nitrogens with two attached hydrogens (primary N) is 1. The summed E-state index contributed by atoms with van der Waals surface area (Å²) in [7, 11) is 0. The van der Waals surface area contributed by atoms with Crippen molar-refractivity contribution < 1.29 is 0 Å². The number of rotatable bonds is 2. The molecule has 17 heavy (non-hydrogen) atoms. The van der Waals surface area contributed by atoms with Crippen molar-refractivity contribution in [3.8, 4) is 0 Å². The Balaban J connectivity index is 2.34. The SMILES string of the molecule is Cc1cc(Cl)ccc1Cn1nc(C)c(Cl)c1N. The predicted octanol–water partition coefficient (Wildman–Crippen LogP) is 3.44. The molecule has 0 spiro atoms. The summed E-state index contributed by atoms with van der Waals surface area (Å²) in [6.07, 6.45) is 0. The quantitative estimate of drug-likeness (QED) is 0.908. The minimum Gasteiger partial charge on any atom is -0.383 e. The zero-order valence-corrected chi connectivity index (χ0v) is 11.2. The van der Waals surface area contributed by atoms with E-state index in [1.54, 1.807) is 4.68 Å². The molecule has 2 rings (SSSR count). The third kappa shape index (κ3) is 2.40. The van der Waals surface area contributed by atoms with Crippen LogP contribution in [0.15, 0.2) is 18.2 Å². The van der Waals surface area contributed by atoms with Gasteiger partial charge in [-0.3, -0.25) is 0 Å². The molecular weight excluding hydrogens is 257 g/mol. The molecule has 0 aliphatic rings. The highest BCUT2D eigenvalue weighted by atomic mass is 35.5. The topological polar surface area (TPSA) is 43.8 Å². The molecule has 5 heteroatoms. The molecule has 0 fully saturated rings. The highest BCUT2D eigenvalue weighted by molar-refractivity contribution is 6.33. The molecule has 3 nitrogen and oxygen atoms in total. The number of halogens is 2. The number of hydrogen-bond donors (Lipinski definition) is 1. The summed E-state index contributed by atoms with van der Waals surface area (Å²) in [5.41, 5.74) is 8.86. The molecule has 0 atom stereocenters. The second kappa shape index (κ2) is 4.59. The van der Waals surface area contributed by atoms with Crippen LogP contribution in [-0.2, 0) is 6.54 Å². The third-order valence-electron chi connectivity index (χ3n) is 2.72. The van der Waals surface area contributed by atoms with Gasteiger partial charge >= 0.3 is 0 Å². The lowest BCUT2D eigenvalue weighted by molar-refractivity contribution is 0.686. The van der Waals surface area contributed by atoms with Crippen molar-refractivity contribution in [2.75, 3.05) is 5.73 Å². The summed E-state index contributed by atoms with van der Waals surface area (Å²) in [4.78, 5) is 0. The van der Waals surface area contributed by atoms with E-state index >= 15 is 0 Å². The van der Waals surface area contributed by atoms with Gasteiger partial charge in [0.2, 0.25) is 0 Å². The van der Waals surface area contributed by atoms with E-state index in [2.05, 4.69) is 5.10 Å². The molecule has 0 radical (unpaired) electrons. The Morgan fingerprint density at radius 2 is 2.00 bits per heavy atom. The maximum Gasteiger partial charge on any atom is 0.141 e. The van der Waals surface area contributed by atoms with Gasteiger partial charge in [0.15, 0.2) is 0 Å². The lowest BCUT2D eigenvalue weighted by atomic mass is 10.1. The fourth-order valence-electron chi connectivity index (χ4n) is 1.70. The maximum atomic E-state index is 6.00. The number of benzene rings is 1. The van der Waals surface area contributed by atoms with E-state index < -0.39 is 0 Å². The summed E-state index contributed by atoms with van der Waals surface area (Å²) in [5.74, 6) is 0.499. The number of anilines is 1. The van der Waals surface area contributed by atoms with Crippen molar-refractivity contribution >= 4 is 29.0 Å². The molecule has 2 aromatic rings. The number of aromatic nitrogens is 2. The first-order valence-electron chi connectivity index (χ1n) is 5.22. The van der Waals surface area contributed by atoms with Gasteiger partial charge in [-0.15, -0.1) is 0 Å². The lowest BCUT2D eigenvalue weighted by Crippen LogP contribution is -2.07. The Kier molecular flexibility index (Phi) is 3.31. The van der Waals surface area contributed by atoms with Gasteiger partial charge in [-0.05, 0) is 37.1 Å². The highest BCUT2D eigenvalue weighted by Gasteiger charge is 2.11. The van der Waals surface area contributed by atoms with E-state index in [1.165, 1.54) is 0 Å². The van der Waals surface area contributed by atoms with Gasteiger partial charge in [0.1, 0.15) is 10.8 Å². The number of hydrogen-bond acceptors (Lipinski definition) is 2. The van der Waals surface area contributed by atoms with Crippen LogP contribution in [0.25, 0.3) is 0 Å². The molecule has 0 saturated heterocycles. The Hall–Kier alpha value is -1.19. The van der Waals surface area contributed by atoms with E-state index in [-0.39, 0.29) is 0 Å². The second-order valence-electron chi connectivity index (χ2n) is 4.01. The van der Waals surface area contributed by atoms with E-state index in [0.29, 0.717) is 17.4 Å². The van der Waals surface area contributed by atoms with Crippen LogP contribution >= 0.6 is 23.2 Å². The average Bonchev–Trinajstić information content (AvgIpc) is 2.50. The summed E-state index contributed by atoms with van der Waals surface area (Å²) in [6, 6.07) is 5.76. The van der Waals surface area contributed by atoms with Crippen LogP contribution in [0.2, 0.25) is 10.0 Å². The van der Waals surface area contributed by atoms with Gasteiger partial charge in [-0.2, -0.15) is 5.10 Å². The van der Waals surface area contributed by atoms with Crippen LogP contribution in [0.1, 0.15) is 16.8 Å². The Morgan fingerprint density at radius 3 is 2.53 bits per heavy atom. The number of aryl methyl sites for hydroxylation is 2. The van der Waals surface area contributed by atoms with Gasteiger partial charge in [0.25, 0.3) is 0 Å². The van der Waals surface area contributed by atoms with Crippen molar-refractivity contribution in [2.45, 2.75) is 20.4 Å². The zero-order chi connectivity index (χ0) is 12.6. The average molecular weight is 270 g/mol. The minimum absolute atomic E-state index is 0.499. The normalized spacial score (nSPS) is 10.8. The number of nitrogens with zero attached hydrogens (tertiary/aromatic N) is 2. The van der Waals surface area contributed by atoms with E-state index in [9.17, 15) is 0 Å². The van der Waals surface area contributed by atoms with Gasteiger partial charge in [0.05, 0.1) is 12.2 Å². The summed E-state index contributed by atoms with van der Waals surface area (Å²) >= 11 is 11.9. The van der Waals surface area contributed by atoms with Crippen molar-refractivity contribution in [1.29, 1.82) is 0 Å². The zero-order valence-electron chi connectivity index (χ0n) is 9.67. The van der Waals surface area contributed by atoms with Crippen LogP contribution in [-0.4, -0.2) is 9.78 Å². The first-order valence-corrected chi connectivity index (χ1v) is 5.98. The molecular formula is C12H13Cl2N3. The van der Waals surface area contributed by atoms with Crippen LogP contribution in [0.4, 0.5) is 5.82 Å². The van der Waals surface area contributed by atoms with Crippen LogP contribution < -0.4 is 5.73 Å². The van der Waals surface area contributed by atoms with E-state index in [4.69, 9.17) is 28.9 Å². The largest absolute Gasteiger partial charge is 0.383 e. The molecule has 0 unspecified atom stereocenters. The molecule has 1 aromatic carbocycles. The molecule has 90 valence electrons. The molecule has 0 bridgehead atoms. The lowest BCUT2D eigenvalue weighted by Gasteiger charge is -2.08. The summed E-state index contributed by atoms with van der Waals surface area (Å²) in [5, 5.41) is 5.55. The van der Waals surface area contributed by atoms with Crippen molar-refractivity contribution in [3.63, 3.8) is 0 Å². The van der Waals surface area contributed by atoms with Gasteiger partial charge < -0.3 is 5.73 Å². The van der Waals surface area contributed by atoms with Crippen LogP contribution in [0.5, 0.6) is 0 Å². The molecule has 0 amide bonds. The van der Waals surface area contributed by atoms with Crippen molar-refractivity contribution in [2.24, 2.45) is 0 Å². The highest BCUT2D eigenvalue weighted by Crippen LogP contribution is 2.24. The van der Waals surface area contributed by atoms with Gasteiger partial charge in [-0.25, -0.2) is 4.68 Å². The standard InChI is InChI=1S/C12H13Cl2N3/c1-7-5-10(13)4-3-9(7)6-17-12(15)11(14)8(2)16-17/h3-5H,6,15H2,1-2H3. The maximum absolute atomic E-state index is 6.00. The van der Waals surface area contributed by atoms with Gasteiger partial charge in [-0.1, -0.05) is 29.3 Å². The first-order chi connectivity index (χ1) is 7.99.